The van der Waals surface area contributed by atoms with E-state index in [0.29, 0.717) is 12.8 Å². The molecule has 0 saturated carbocycles. The number of likely N-dealkylation sites (tertiary alicyclic amines) is 1. The van der Waals surface area contributed by atoms with Gasteiger partial charge in [-0.25, -0.2) is 0 Å². The van der Waals surface area contributed by atoms with Gasteiger partial charge in [-0.3, -0.25) is 14.7 Å². The van der Waals surface area contributed by atoms with E-state index in [1.807, 2.05) is 12.3 Å². The van der Waals surface area contributed by atoms with E-state index in [1.54, 1.807) is 0 Å². The van der Waals surface area contributed by atoms with Crippen LogP contribution in [0.3, 0.4) is 0 Å². The van der Waals surface area contributed by atoms with E-state index in [2.05, 4.69) is 54.1 Å². The zero-order valence-corrected chi connectivity index (χ0v) is 14.3. The first-order chi connectivity index (χ1) is 11.6. The van der Waals surface area contributed by atoms with Crippen LogP contribution in [-0.4, -0.2) is 34.0 Å². The van der Waals surface area contributed by atoms with Crippen molar-refractivity contribution in [1.29, 1.82) is 0 Å². The fourth-order valence-electron chi connectivity index (χ4n) is 3.57. The van der Waals surface area contributed by atoms with Crippen LogP contribution >= 0.6 is 0 Å². The molecule has 1 aliphatic heterocycles. The highest BCUT2D eigenvalue weighted by atomic mass is 16.4. The van der Waals surface area contributed by atoms with Crippen molar-refractivity contribution < 1.29 is 9.90 Å². The van der Waals surface area contributed by atoms with E-state index >= 15 is 0 Å². The van der Waals surface area contributed by atoms with E-state index in [1.165, 1.54) is 16.7 Å². The standard InChI is InChI=1S/C20H24N2O2/c1-14-5-3-7-17(13-14)19(18-15(2)6-4-10-21-18)22-11-8-16(9-12-22)20(23)24/h3-7,10,13,16,19H,8-9,11-12H2,1-2H3,(H,23,24). The minimum Gasteiger partial charge on any atom is -0.481 e. The second-order valence-electron chi connectivity index (χ2n) is 6.67. The minimum absolute atomic E-state index is 0.0841. The normalized spacial score (nSPS) is 17.6. The Morgan fingerprint density at radius 3 is 2.58 bits per heavy atom. The molecule has 4 heteroatoms. The van der Waals surface area contributed by atoms with Gasteiger partial charge in [-0.15, -0.1) is 0 Å². The number of aliphatic carboxylic acids is 1. The number of piperidine rings is 1. The molecule has 1 atom stereocenters. The number of carboxylic acid groups (broad SMARTS) is 1. The van der Waals surface area contributed by atoms with Gasteiger partial charge in [0.2, 0.25) is 0 Å². The summed E-state index contributed by atoms with van der Waals surface area (Å²) in [7, 11) is 0. The molecule has 1 aliphatic rings. The van der Waals surface area contributed by atoms with Crippen LogP contribution in [0.5, 0.6) is 0 Å². The third kappa shape index (κ3) is 3.49. The molecule has 0 aliphatic carbocycles. The van der Waals surface area contributed by atoms with Crippen molar-refractivity contribution in [2.75, 3.05) is 13.1 Å². The topological polar surface area (TPSA) is 53.4 Å². The Kier molecular flexibility index (Phi) is 4.95. The van der Waals surface area contributed by atoms with Gasteiger partial charge < -0.3 is 5.11 Å². The number of aromatic nitrogens is 1. The first-order valence-electron chi connectivity index (χ1n) is 8.51. The third-order valence-corrected chi connectivity index (χ3v) is 4.91. The SMILES string of the molecule is Cc1cccc(C(c2ncccc2C)N2CCC(C(=O)O)CC2)c1. The molecule has 0 radical (unpaired) electrons. The molecule has 2 heterocycles. The first-order valence-corrected chi connectivity index (χ1v) is 8.51. The summed E-state index contributed by atoms with van der Waals surface area (Å²) in [5, 5.41) is 9.25. The molecule has 1 unspecified atom stereocenters. The van der Waals surface area contributed by atoms with E-state index in [4.69, 9.17) is 0 Å². The van der Waals surface area contributed by atoms with Crippen molar-refractivity contribution in [1.82, 2.24) is 9.88 Å². The van der Waals surface area contributed by atoms with Crippen molar-refractivity contribution in [3.05, 3.63) is 65.0 Å². The molecule has 1 fully saturated rings. The summed E-state index contributed by atoms with van der Waals surface area (Å²) < 4.78 is 0. The first kappa shape index (κ1) is 16.7. The lowest BCUT2D eigenvalue weighted by atomic mass is 9.91. The Morgan fingerprint density at radius 2 is 1.96 bits per heavy atom. The van der Waals surface area contributed by atoms with E-state index < -0.39 is 5.97 Å². The maximum atomic E-state index is 11.2. The predicted molar refractivity (Wildman–Crippen MR) is 93.9 cm³/mol. The molecular weight excluding hydrogens is 300 g/mol. The van der Waals surface area contributed by atoms with Gasteiger partial charge in [0.05, 0.1) is 17.7 Å². The number of carboxylic acids is 1. The Hall–Kier alpha value is -2.20. The van der Waals surface area contributed by atoms with Crippen LogP contribution < -0.4 is 0 Å². The summed E-state index contributed by atoms with van der Waals surface area (Å²) >= 11 is 0. The van der Waals surface area contributed by atoms with Gasteiger partial charge >= 0.3 is 5.97 Å². The van der Waals surface area contributed by atoms with Gasteiger partial charge in [-0.05, 0) is 57.0 Å². The van der Waals surface area contributed by atoms with Crippen molar-refractivity contribution in [2.45, 2.75) is 32.7 Å². The number of hydrogen-bond acceptors (Lipinski definition) is 3. The lowest BCUT2D eigenvalue weighted by molar-refractivity contribution is -0.143. The molecular formula is C20H24N2O2. The van der Waals surface area contributed by atoms with Gasteiger partial charge in [0, 0.05) is 6.20 Å². The number of hydrogen-bond donors (Lipinski definition) is 1. The summed E-state index contributed by atoms with van der Waals surface area (Å²) in [5.41, 5.74) is 4.69. The van der Waals surface area contributed by atoms with Gasteiger partial charge in [-0.2, -0.15) is 0 Å². The van der Waals surface area contributed by atoms with Crippen molar-refractivity contribution in [3.63, 3.8) is 0 Å². The second kappa shape index (κ2) is 7.14. The Morgan fingerprint density at radius 1 is 1.21 bits per heavy atom. The van der Waals surface area contributed by atoms with Crippen LogP contribution in [0.15, 0.2) is 42.6 Å². The summed E-state index contributed by atoms with van der Waals surface area (Å²) in [5.74, 6) is -0.889. The lowest BCUT2D eigenvalue weighted by Crippen LogP contribution is -2.39. The number of pyridine rings is 1. The van der Waals surface area contributed by atoms with Gasteiger partial charge in [-0.1, -0.05) is 35.9 Å². The maximum Gasteiger partial charge on any atom is 0.306 e. The summed E-state index contributed by atoms with van der Waals surface area (Å²) in [6.45, 7) is 5.76. The second-order valence-corrected chi connectivity index (χ2v) is 6.67. The van der Waals surface area contributed by atoms with Crippen LogP contribution in [0.25, 0.3) is 0 Å². The van der Waals surface area contributed by atoms with Crippen LogP contribution in [-0.2, 0) is 4.79 Å². The Bertz CT molecular complexity index is 721. The number of carbonyl (C=O) groups is 1. The van der Waals surface area contributed by atoms with Gasteiger partial charge in [0.15, 0.2) is 0 Å². The Balaban J connectivity index is 1.95. The summed E-state index contributed by atoms with van der Waals surface area (Å²) in [6.07, 6.45) is 3.24. The van der Waals surface area contributed by atoms with Crippen LogP contribution in [0.1, 0.15) is 41.3 Å². The van der Waals surface area contributed by atoms with E-state index in [0.717, 1.165) is 18.8 Å². The minimum atomic E-state index is -0.671. The zero-order valence-electron chi connectivity index (χ0n) is 14.3. The smallest absolute Gasteiger partial charge is 0.306 e. The molecule has 0 amide bonds. The largest absolute Gasteiger partial charge is 0.481 e. The Labute approximate surface area is 143 Å². The summed E-state index contributed by atoms with van der Waals surface area (Å²) in [6, 6.07) is 12.7. The molecule has 3 rings (SSSR count). The molecule has 24 heavy (non-hydrogen) atoms. The highest BCUT2D eigenvalue weighted by molar-refractivity contribution is 5.70. The molecule has 1 aromatic heterocycles. The van der Waals surface area contributed by atoms with E-state index in [-0.39, 0.29) is 12.0 Å². The predicted octanol–water partition coefficient (Wildman–Crippen LogP) is 3.58. The fraction of sp³-hybridized carbons (Fsp3) is 0.400. The lowest BCUT2D eigenvalue weighted by Gasteiger charge is -2.37. The number of nitrogens with zero attached hydrogens (tertiary/aromatic N) is 2. The monoisotopic (exact) mass is 324 g/mol. The summed E-state index contributed by atoms with van der Waals surface area (Å²) in [4.78, 5) is 18.3. The zero-order chi connectivity index (χ0) is 17.1. The molecule has 2 aromatic rings. The van der Waals surface area contributed by atoms with Crippen LogP contribution in [0.2, 0.25) is 0 Å². The molecule has 4 nitrogen and oxygen atoms in total. The molecule has 0 spiro atoms. The number of benzene rings is 1. The van der Waals surface area contributed by atoms with Crippen molar-refractivity contribution >= 4 is 5.97 Å². The highest BCUT2D eigenvalue weighted by Gasteiger charge is 2.31. The highest BCUT2D eigenvalue weighted by Crippen LogP contribution is 2.33. The molecule has 0 bridgehead atoms. The quantitative estimate of drug-likeness (QED) is 0.934. The fourth-order valence-corrected chi connectivity index (χ4v) is 3.57. The van der Waals surface area contributed by atoms with Gasteiger partial charge in [0.25, 0.3) is 0 Å². The number of rotatable bonds is 4. The molecule has 1 aromatic carbocycles. The van der Waals surface area contributed by atoms with Crippen LogP contribution in [0.4, 0.5) is 0 Å². The van der Waals surface area contributed by atoms with Crippen molar-refractivity contribution in [3.8, 4) is 0 Å². The van der Waals surface area contributed by atoms with Crippen LogP contribution in [0, 0.1) is 19.8 Å². The maximum absolute atomic E-state index is 11.2. The van der Waals surface area contributed by atoms with Crippen molar-refractivity contribution in [2.24, 2.45) is 5.92 Å². The van der Waals surface area contributed by atoms with E-state index in [9.17, 15) is 9.90 Å². The molecule has 1 N–H and O–H groups in total. The third-order valence-electron chi connectivity index (χ3n) is 4.91. The average Bonchev–Trinajstić information content (AvgIpc) is 2.57. The average molecular weight is 324 g/mol. The van der Waals surface area contributed by atoms with Gasteiger partial charge in [0.1, 0.15) is 0 Å². The molecule has 1 saturated heterocycles. The number of aryl methyl sites for hydroxylation is 2. The molecule has 126 valence electrons.